The number of likely N-dealkylation sites (tertiary alicyclic amines) is 1. The third kappa shape index (κ3) is 4.81. The van der Waals surface area contributed by atoms with Crippen LogP contribution in [0.4, 0.5) is 4.79 Å². The zero-order chi connectivity index (χ0) is 15.5. The van der Waals surface area contributed by atoms with Gasteiger partial charge in [-0.25, -0.2) is 9.78 Å². The van der Waals surface area contributed by atoms with Gasteiger partial charge in [0.25, 0.3) is 0 Å². The summed E-state index contributed by atoms with van der Waals surface area (Å²) in [6.45, 7) is 6.84. The number of rotatable bonds is 3. The number of hydrogen-bond donors (Lipinski definition) is 0. The van der Waals surface area contributed by atoms with Crippen molar-refractivity contribution in [3.8, 4) is 0 Å². The van der Waals surface area contributed by atoms with E-state index in [1.54, 1.807) is 23.2 Å². The largest absolute Gasteiger partial charge is 0.444 e. The highest BCUT2D eigenvalue weighted by molar-refractivity contribution is 7.84. The summed E-state index contributed by atoms with van der Waals surface area (Å²) >= 11 is 0. The van der Waals surface area contributed by atoms with E-state index in [1.807, 2.05) is 26.8 Å². The Morgan fingerprint density at radius 2 is 2.24 bits per heavy atom. The van der Waals surface area contributed by atoms with Crippen molar-refractivity contribution in [2.24, 2.45) is 5.92 Å². The van der Waals surface area contributed by atoms with Crippen LogP contribution in [-0.4, -0.2) is 44.6 Å². The summed E-state index contributed by atoms with van der Waals surface area (Å²) in [5, 5.41) is 0.605. The Morgan fingerprint density at radius 1 is 1.48 bits per heavy atom. The molecule has 2 atom stereocenters. The Labute approximate surface area is 128 Å². The van der Waals surface area contributed by atoms with Gasteiger partial charge in [0.1, 0.15) is 10.6 Å². The van der Waals surface area contributed by atoms with Crippen LogP contribution < -0.4 is 0 Å². The van der Waals surface area contributed by atoms with Gasteiger partial charge in [0.05, 0.1) is 10.8 Å². The van der Waals surface area contributed by atoms with Crippen molar-refractivity contribution in [2.45, 2.75) is 37.8 Å². The van der Waals surface area contributed by atoms with E-state index in [4.69, 9.17) is 4.74 Å². The van der Waals surface area contributed by atoms with Crippen molar-refractivity contribution < 1.29 is 13.7 Å². The molecule has 0 unspecified atom stereocenters. The highest BCUT2D eigenvalue weighted by Gasteiger charge is 2.30. The number of hydrogen-bond acceptors (Lipinski definition) is 4. The van der Waals surface area contributed by atoms with Crippen molar-refractivity contribution in [3.05, 3.63) is 24.4 Å². The van der Waals surface area contributed by atoms with Crippen LogP contribution in [0.15, 0.2) is 29.4 Å². The van der Waals surface area contributed by atoms with Crippen LogP contribution in [0.1, 0.15) is 27.2 Å². The Balaban J connectivity index is 1.86. The minimum Gasteiger partial charge on any atom is -0.444 e. The molecule has 1 aliphatic heterocycles. The maximum absolute atomic E-state index is 12.2. The molecule has 2 rings (SSSR count). The minimum absolute atomic E-state index is 0.236. The number of amides is 1. The summed E-state index contributed by atoms with van der Waals surface area (Å²) in [7, 11) is -1.11. The Bertz CT molecular complexity index is 513. The molecule has 6 heteroatoms. The average molecular weight is 310 g/mol. The van der Waals surface area contributed by atoms with Crippen LogP contribution in [0.25, 0.3) is 0 Å². The quantitative estimate of drug-likeness (QED) is 0.860. The lowest BCUT2D eigenvalue weighted by atomic mass is 10.2. The van der Waals surface area contributed by atoms with Crippen LogP contribution >= 0.6 is 0 Å². The maximum atomic E-state index is 12.2. The predicted molar refractivity (Wildman–Crippen MR) is 81.4 cm³/mol. The second-order valence-corrected chi connectivity index (χ2v) is 7.70. The summed E-state index contributed by atoms with van der Waals surface area (Å²) < 4.78 is 17.6. The van der Waals surface area contributed by atoms with Gasteiger partial charge >= 0.3 is 6.09 Å². The van der Waals surface area contributed by atoms with E-state index < -0.39 is 16.4 Å². The lowest BCUT2D eigenvalue weighted by molar-refractivity contribution is 0.0289. The summed E-state index contributed by atoms with van der Waals surface area (Å²) in [6.07, 6.45) is 2.22. The number of carbonyl (C=O) groups excluding carboxylic acids is 1. The molecule has 0 spiro atoms. The van der Waals surface area contributed by atoms with Crippen molar-refractivity contribution in [1.29, 1.82) is 0 Å². The van der Waals surface area contributed by atoms with Gasteiger partial charge in [-0.05, 0) is 45.2 Å². The predicted octanol–water partition coefficient (Wildman–Crippen LogP) is 2.45. The monoisotopic (exact) mass is 310 g/mol. The van der Waals surface area contributed by atoms with Gasteiger partial charge in [-0.3, -0.25) is 4.21 Å². The fraction of sp³-hybridized carbons (Fsp3) is 0.600. The van der Waals surface area contributed by atoms with Crippen molar-refractivity contribution in [2.75, 3.05) is 18.8 Å². The molecule has 1 fully saturated rings. The molecule has 0 radical (unpaired) electrons. The highest BCUT2D eigenvalue weighted by Crippen LogP contribution is 2.21. The van der Waals surface area contributed by atoms with Gasteiger partial charge in [-0.2, -0.15) is 0 Å². The first kappa shape index (κ1) is 15.9. The SMILES string of the molecule is CC(C)(C)OC(=O)N1CC[C@@H](C[S@](=O)c2ccccn2)C1. The van der Waals surface area contributed by atoms with Crippen molar-refractivity contribution in [1.82, 2.24) is 9.88 Å². The molecule has 1 aromatic rings. The molecule has 21 heavy (non-hydrogen) atoms. The summed E-state index contributed by atoms with van der Waals surface area (Å²) in [5.41, 5.74) is -0.480. The number of carbonyl (C=O) groups is 1. The summed E-state index contributed by atoms with van der Waals surface area (Å²) in [4.78, 5) is 17.8. The van der Waals surface area contributed by atoms with E-state index in [-0.39, 0.29) is 12.0 Å². The molecule has 1 aromatic heterocycles. The number of pyridine rings is 1. The molecular weight excluding hydrogens is 288 g/mol. The normalized spacial score (nSPS) is 20.3. The second kappa shape index (κ2) is 6.56. The third-order valence-corrected chi connectivity index (χ3v) is 4.68. The molecule has 0 bridgehead atoms. The molecular formula is C15H22N2O3S. The molecule has 2 heterocycles. The van der Waals surface area contributed by atoms with Crippen molar-refractivity contribution >= 4 is 16.9 Å². The summed E-state index contributed by atoms with van der Waals surface area (Å²) in [5.74, 6) is 0.774. The van der Waals surface area contributed by atoms with Crippen LogP contribution in [0.5, 0.6) is 0 Å². The Morgan fingerprint density at radius 3 is 2.86 bits per heavy atom. The van der Waals surface area contributed by atoms with Gasteiger partial charge in [0.15, 0.2) is 0 Å². The van der Waals surface area contributed by atoms with Gasteiger partial charge < -0.3 is 9.64 Å². The second-order valence-electron chi connectivity index (χ2n) is 6.26. The Kier molecular flexibility index (Phi) is 4.98. The van der Waals surface area contributed by atoms with Crippen molar-refractivity contribution in [3.63, 3.8) is 0 Å². The zero-order valence-corrected chi connectivity index (χ0v) is 13.6. The highest BCUT2D eigenvalue weighted by atomic mass is 32.2. The lowest BCUT2D eigenvalue weighted by Crippen LogP contribution is -2.35. The first-order valence-corrected chi connectivity index (χ1v) is 8.44. The van der Waals surface area contributed by atoms with Crippen LogP contribution in [0.2, 0.25) is 0 Å². The van der Waals surface area contributed by atoms with Gasteiger partial charge in [-0.1, -0.05) is 6.07 Å². The lowest BCUT2D eigenvalue weighted by Gasteiger charge is -2.24. The van der Waals surface area contributed by atoms with E-state index in [0.717, 1.165) is 6.42 Å². The molecule has 0 N–H and O–H groups in total. The molecule has 0 aliphatic carbocycles. The van der Waals surface area contributed by atoms with Crippen LogP contribution in [0.3, 0.4) is 0 Å². The van der Waals surface area contributed by atoms with E-state index in [2.05, 4.69) is 4.98 Å². The molecule has 1 amide bonds. The fourth-order valence-corrected chi connectivity index (χ4v) is 3.52. The molecule has 0 aromatic carbocycles. The van der Waals surface area contributed by atoms with Crippen LogP contribution in [0, 0.1) is 5.92 Å². The van der Waals surface area contributed by atoms with E-state index in [9.17, 15) is 9.00 Å². The number of ether oxygens (including phenoxy) is 1. The summed E-state index contributed by atoms with van der Waals surface area (Å²) in [6, 6.07) is 5.42. The van der Waals surface area contributed by atoms with E-state index in [1.165, 1.54) is 0 Å². The number of aromatic nitrogens is 1. The van der Waals surface area contributed by atoms with E-state index >= 15 is 0 Å². The first-order valence-electron chi connectivity index (χ1n) is 7.12. The van der Waals surface area contributed by atoms with E-state index in [0.29, 0.717) is 23.9 Å². The smallest absolute Gasteiger partial charge is 0.410 e. The molecule has 0 saturated carbocycles. The molecule has 5 nitrogen and oxygen atoms in total. The van der Waals surface area contributed by atoms with Gasteiger partial charge in [0.2, 0.25) is 0 Å². The van der Waals surface area contributed by atoms with Gasteiger partial charge in [0, 0.05) is 25.0 Å². The third-order valence-electron chi connectivity index (χ3n) is 3.20. The minimum atomic E-state index is -1.11. The molecule has 1 aliphatic rings. The molecule has 116 valence electrons. The number of nitrogens with zero attached hydrogens (tertiary/aromatic N) is 2. The van der Waals surface area contributed by atoms with Crippen LogP contribution in [-0.2, 0) is 15.5 Å². The maximum Gasteiger partial charge on any atom is 0.410 e. The first-order chi connectivity index (χ1) is 9.85. The van der Waals surface area contributed by atoms with Gasteiger partial charge in [-0.15, -0.1) is 0 Å². The zero-order valence-electron chi connectivity index (χ0n) is 12.7. The molecule has 1 saturated heterocycles. The topological polar surface area (TPSA) is 59.5 Å². The Hall–Kier alpha value is -1.43. The fourth-order valence-electron chi connectivity index (χ4n) is 2.24. The average Bonchev–Trinajstić information content (AvgIpc) is 2.86. The standard InChI is InChI=1S/C15H22N2O3S/c1-15(2,3)20-14(18)17-9-7-12(10-17)11-21(19)13-6-4-5-8-16-13/h4-6,8,12H,7,9-11H2,1-3H3/t12-,21+/m1/s1.